The molecule has 1 saturated carbocycles. The van der Waals surface area contributed by atoms with Crippen molar-refractivity contribution in [3.63, 3.8) is 0 Å². The maximum Gasteiger partial charge on any atom is 0.315 e. The second-order valence-corrected chi connectivity index (χ2v) is 6.00. The Kier molecular flexibility index (Phi) is 4.93. The van der Waals surface area contributed by atoms with Crippen LogP contribution in [0.5, 0.6) is 11.5 Å². The Morgan fingerprint density at radius 1 is 1.12 bits per heavy atom. The molecule has 1 fully saturated rings. The van der Waals surface area contributed by atoms with Crippen LogP contribution in [-0.4, -0.2) is 31.3 Å². The molecule has 0 bridgehead atoms. The molecular weight excluding hydrogens is 312 g/mol. The Hall–Kier alpha value is -2.64. The molecule has 0 aromatic heterocycles. The van der Waals surface area contributed by atoms with E-state index in [1.807, 2.05) is 0 Å². The molecule has 0 unspecified atom stereocenters. The van der Waals surface area contributed by atoms with Crippen molar-refractivity contribution in [2.75, 3.05) is 24.4 Å². The fourth-order valence-corrected chi connectivity index (χ4v) is 2.90. The molecule has 3 amide bonds. The molecule has 0 atom stereocenters. The zero-order chi connectivity index (χ0) is 16.9. The van der Waals surface area contributed by atoms with Gasteiger partial charge in [0, 0.05) is 18.2 Å². The van der Waals surface area contributed by atoms with Gasteiger partial charge in [0.25, 0.3) is 0 Å². The van der Waals surface area contributed by atoms with Crippen molar-refractivity contribution in [1.82, 2.24) is 10.6 Å². The van der Waals surface area contributed by atoms with Crippen molar-refractivity contribution in [3.8, 4) is 11.5 Å². The summed E-state index contributed by atoms with van der Waals surface area (Å²) in [7, 11) is 0. The van der Waals surface area contributed by atoms with E-state index in [1.165, 1.54) is 6.42 Å². The zero-order valence-electron chi connectivity index (χ0n) is 13.4. The standard InChI is InChI=1S/C16H22N4O4/c17-11-6-13-14(24-9-23-13)7-12(11)20-15(21)8-18-16(22)19-10-4-2-1-3-5-10/h6-7,10H,1-5,8-9,17H2,(H,20,21)(H2,18,19,22). The van der Waals surface area contributed by atoms with Crippen molar-refractivity contribution >= 4 is 23.3 Å². The molecule has 1 aliphatic carbocycles. The molecule has 0 radical (unpaired) electrons. The minimum atomic E-state index is -0.362. The molecule has 1 aliphatic heterocycles. The highest BCUT2D eigenvalue weighted by Crippen LogP contribution is 2.38. The summed E-state index contributed by atoms with van der Waals surface area (Å²) in [6.45, 7) is 0.00149. The molecular formula is C16H22N4O4. The number of benzene rings is 1. The van der Waals surface area contributed by atoms with E-state index >= 15 is 0 Å². The van der Waals surface area contributed by atoms with E-state index in [1.54, 1.807) is 12.1 Å². The predicted octanol–water partition coefficient (Wildman–Crippen LogP) is 1.57. The van der Waals surface area contributed by atoms with Crippen molar-refractivity contribution in [2.24, 2.45) is 0 Å². The third kappa shape index (κ3) is 4.01. The van der Waals surface area contributed by atoms with Crippen molar-refractivity contribution in [1.29, 1.82) is 0 Å². The molecule has 24 heavy (non-hydrogen) atoms. The first-order chi connectivity index (χ1) is 11.6. The smallest absolute Gasteiger partial charge is 0.315 e. The van der Waals surface area contributed by atoms with E-state index in [9.17, 15) is 9.59 Å². The zero-order valence-corrected chi connectivity index (χ0v) is 13.4. The quantitative estimate of drug-likeness (QED) is 0.624. The van der Waals surface area contributed by atoms with E-state index in [0.29, 0.717) is 22.9 Å². The number of carbonyl (C=O) groups excluding carboxylic acids is 2. The normalized spacial score (nSPS) is 16.5. The number of anilines is 2. The Morgan fingerprint density at radius 3 is 2.58 bits per heavy atom. The van der Waals surface area contributed by atoms with Gasteiger partial charge in [-0.3, -0.25) is 4.79 Å². The van der Waals surface area contributed by atoms with Gasteiger partial charge in [-0.25, -0.2) is 4.79 Å². The summed E-state index contributed by atoms with van der Waals surface area (Å²) in [4.78, 5) is 23.8. The van der Waals surface area contributed by atoms with Crippen LogP contribution in [0.15, 0.2) is 12.1 Å². The van der Waals surface area contributed by atoms with E-state index in [0.717, 1.165) is 25.7 Å². The third-order valence-corrected chi connectivity index (χ3v) is 4.17. The predicted molar refractivity (Wildman–Crippen MR) is 89.0 cm³/mol. The van der Waals surface area contributed by atoms with Gasteiger partial charge in [-0.05, 0) is 12.8 Å². The summed E-state index contributed by atoms with van der Waals surface area (Å²) in [6.07, 6.45) is 5.48. The van der Waals surface area contributed by atoms with Crippen LogP contribution in [0, 0.1) is 0 Å². The maximum atomic E-state index is 12.0. The summed E-state index contributed by atoms with van der Waals surface area (Å²) >= 11 is 0. The summed E-state index contributed by atoms with van der Waals surface area (Å²) in [5.74, 6) is 0.720. The molecule has 1 heterocycles. The molecule has 5 N–H and O–H groups in total. The molecule has 8 nitrogen and oxygen atoms in total. The number of nitrogens with two attached hydrogens (primary N) is 1. The van der Waals surface area contributed by atoms with Crippen LogP contribution in [-0.2, 0) is 4.79 Å². The van der Waals surface area contributed by atoms with Gasteiger partial charge in [-0.1, -0.05) is 19.3 Å². The second kappa shape index (κ2) is 7.29. The Morgan fingerprint density at radius 2 is 1.83 bits per heavy atom. The largest absolute Gasteiger partial charge is 0.454 e. The number of nitrogen functional groups attached to an aromatic ring is 1. The highest BCUT2D eigenvalue weighted by molar-refractivity contribution is 5.97. The number of carbonyl (C=O) groups is 2. The lowest BCUT2D eigenvalue weighted by molar-refractivity contribution is -0.115. The fraction of sp³-hybridized carbons (Fsp3) is 0.500. The van der Waals surface area contributed by atoms with Crippen LogP contribution >= 0.6 is 0 Å². The molecule has 1 aromatic carbocycles. The summed E-state index contributed by atoms with van der Waals surface area (Å²) in [5, 5.41) is 8.11. The van der Waals surface area contributed by atoms with E-state index < -0.39 is 0 Å². The fourth-order valence-electron chi connectivity index (χ4n) is 2.90. The topological polar surface area (TPSA) is 115 Å². The van der Waals surface area contributed by atoms with Gasteiger partial charge in [0.15, 0.2) is 11.5 Å². The molecule has 1 aromatic rings. The SMILES string of the molecule is Nc1cc2c(cc1NC(=O)CNC(=O)NC1CCCCC1)OCO2. The van der Waals surface area contributed by atoms with Crippen molar-refractivity contribution < 1.29 is 19.1 Å². The van der Waals surface area contributed by atoms with Crippen molar-refractivity contribution in [3.05, 3.63) is 12.1 Å². The van der Waals surface area contributed by atoms with Gasteiger partial charge in [0.05, 0.1) is 17.9 Å². The van der Waals surface area contributed by atoms with Crippen LogP contribution < -0.4 is 31.2 Å². The van der Waals surface area contributed by atoms with E-state index in [2.05, 4.69) is 16.0 Å². The first-order valence-corrected chi connectivity index (χ1v) is 8.15. The van der Waals surface area contributed by atoms with Gasteiger partial charge in [0.1, 0.15) is 0 Å². The van der Waals surface area contributed by atoms with Gasteiger partial charge in [-0.15, -0.1) is 0 Å². The summed E-state index contributed by atoms with van der Waals surface area (Å²) < 4.78 is 10.5. The lowest BCUT2D eigenvalue weighted by Gasteiger charge is -2.22. The number of urea groups is 1. The van der Waals surface area contributed by atoms with Crippen LogP contribution in [0.1, 0.15) is 32.1 Å². The maximum absolute atomic E-state index is 12.0. The molecule has 2 aliphatic rings. The van der Waals surface area contributed by atoms with Crippen LogP contribution in [0.2, 0.25) is 0 Å². The molecule has 130 valence electrons. The highest BCUT2D eigenvalue weighted by Gasteiger charge is 2.18. The monoisotopic (exact) mass is 334 g/mol. The minimum absolute atomic E-state index is 0.133. The van der Waals surface area contributed by atoms with Crippen LogP contribution in [0.3, 0.4) is 0 Å². The van der Waals surface area contributed by atoms with E-state index in [4.69, 9.17) is 15.2 Å². The van der Waals surface area contributed by atoms with Crippen LogP contribution in [0.4, 0.5) is 16.2 Å². The average Bonchev–Trinajstić information content (AvgIpc) is 3.01. The number of ether oxygens (including phenoxy) is 2. The Bertz CT molecular complexity index is 629. The molecule has 3 rings (SSSR count). The highest BCUT2D eigenvalue weighted by atomic mass is 16.7. The van der Waals surface area contributed by atoms with Crippen LogP contribution in [0.25, 0.3) is 0 Å². The lowest BCUT2D eigenvalue weighted by atomic mass is 9.96. The number of rotatable bonds is 4. The van der Waals surface area contributed by atoms with E-state index in [-0.39, 0.29) is 31.3 Å². The first-order valence-electron chi connectivity index (χ1n) is 8.15. The molecule has 8 heteroatoms. The molecule has 0 spiro atoms. The Balaban J connectivity index is 1.46. The van der Waals surface area contributed by atoms with Crippen molar-refractivity contribution in [2.45, 2.75) is 38.1 Å². The average molecular weight is 334 g/mol. The van der Waals surface area contributed by atoms with Gasteiger partial charge >= 0.3 is 6.03 Å². The Labute approximate surface area is 140 Å². The third-order valence-electron chi connectivity index (χ3n) is 4.17. The first kappa shape index (κ1) is 16.2. The lowest BCUT2D eigenvalue weighted by Crippen LogP contribution is -2.45. The number of amides is 3. The van der Waals surface area contributed by atoms with Gasteiger partial charge in [-0.2, -0.15) is 0 Å². The summed E-state index contributed by atoms with van der Waals surface area (Å²) in [6, 6.07) is 3.08. The number of hydrogen-bond donors (Lipinski definition) is 4. The minimum Gasteiger partial charge on any atom is -0.454 e. The second-order valence-electron chi connectivity index (χ2n) is 6.00. The summed E-state index contributed by atoms with van der Waals surface area (Å²) in [5.41, 5.74) is 6.68. The number of fused-ring (bicyclic) bond motifs is 1. The van der Waals surface area contributed by atoms with Gasteiger partial charge in [0.2, 0.25) is 12.7 Å². The van der Waals surface area contributed by atoms with Gasteiger partial charge < -0.3 is 31.2 Å². The number of hydrogen-bond acceptors (Lipinski definition) is 5. The number of nitrogens with one attached hydrogen (secondary N) is 3. The molecule has 0 saturated heterocycles.